The zero-order valence-corrected chi connectivity index (χ0v) is 20.0. The van der Waals surface area contributed by atoms with Gasteiger partial charge in [-0.2, -0.15) is 0 Å². The first-order chi connectivity index (χ1) is 16.5. The second-order valence-electron chi connectivity index (χ2n) is 9.28. The summed E-state index contributed by atoms with van der Waals surface area (Å²) in [4.78, 5) is 31.0. The number of anilines is 1. The van der Waals surface area contributed by atoms with Crippen LogP contribution in [0.5, 0.6) is 0 Å². The van der Waals surface area contributed by atoms with Crippen LogP contribution in [-0.2, 0) is 13.5 Å². The van der Waals surface area contributed by atoms with Gasteiger partial charge in [-0.15, -0.1) is 0 Å². The van der Waals surface area contributed by atoms with Crippen LogP contribution in [0.15, 0.2) is 61.3 Å². The highest BCUT2D eigenvalue weighted by Gasteiger charge is 2.22. The fourth-order valence-corrected chi connectivity index (χ4v) is 4.70. The van der Waals surface area contributed by atoms with Crippen LogP contribution in [0.2, 0.25) is 0 Å². The largest absolute Gasteiger partial charge is 0.357 e. The first-order valence-electron chi connectivity index (χ1n) is 11.7. The van der Waals surface area contributed by atoms with Crippen molar-refractivity contribution in [2.24, 2.45) is 7.05 Å². The van der Waals surface area contributed by atoms with Gasteiger partial charge < -0.3 is 14.4 Å². The van der Waals surface area contributed by atoms with Crippen molar-refractivity contribution >= 4 is 22.4 Å². The van der Waals surface area contributed by atoms with Crippen LogP contribution in [0.25, 0.3) is 22.0 Å². The number of fused-ring (bicyclic) bond motifs is 1. The number of rotatable bonds is 6. The smallest absolute Gasteiger partial charge is 0.169 e. The van der Waals surface area contributed by atoms with Gasteiger partial charge in [0.15, 0.2) is 5.78 Å². The van der Waals surface area contributed by atoms with Gasteiger partial charge in [0.2, 0.25) is 0 Å². The second kappa shape index (κ2) is 9.35. The van der Waals surface area contributed by atoms with Gasteiger partial charge >= 0.3 is 0 Å². The highest BCUT2D eigenvalue weighted by Crippen LogP contribution is 2.25. The Kier molecular flexibility index (Phi) is 6.11. The molecule has 0 aliphatic carbocycles. The quantitative estimate of drug-likeness (QED) is 0.411. The lowest BCUT2D eigenvalue weighted by molar-refractivity contribution is 0.0992. The Balaban J connectivity index is 1.34. The fourth-order valence-electron chi connectivity index (χ4n) is 4.70. The number of likely N-dealkylation sites (tertiary alicyclic amines) is 1. The average molecular weight is 455 g/mol. The molecule has 4 heterocycles. The molecule has 0 radical (unpaired) electrons. The molecule has 0 N–H and O–H groups in total. The van der Waals surface area contributed by atoms with Gasteiger partial charge in [0.05, 0.1) is 24.6 Å². The minimum atomic E-state index is 0.0510. The van der Waals surface area contributed by atoms with E-state index < -0.39 is 0 Å². The Morgan fingerprint density at radius 2 is 1.85 bits per heavy atom. The molecule has 5 rings (SSSR count). The van der Waals surface area contributed by atoms with Crippen LogP contribution in [0.3, 0.4) is 0 Å². The molecule has 1 fully saturated rings. The van der Waals surface area contributed by atoms with E-state index in [9.17, 15) is 4.79 Å². The van der Waals surface area contributed by atoms with Gasteiger partial charge in [-0.1, -0.05) is 12.1 Å². The molecule has 7 heteroatoms. The normalized spacial score (nSPS) is 15.0. The third-order valence-electron chi connectivity index (χ3n) is 6.90. The lowest BCUT2D eigenvalue weighted by atomic mass is 10.0. The molecule has 0 saturated carbocycles. The summed E-state index contributed by atoms with van der Waals surface area (Å²) in [5.74, 6) is 0.905. The number of piperidine rings is 1. The molecule has 1 aliphatic rings. The lowest BCUT2D eigenvalue weighted by Crippen LogP contribution is -2.42. The van der Waals surface area contributed by atoms with E-state index >= 15 is 0 Å². The number of Topliss-reactive ketones (excluding diaryl/α,β-unsaturated/α-hetero) is 1. The molecule has 1 saturated heterocycles. The van der Waals surface area contributed by atoms with Crippen molar-refractivity contribution in [2.45, 2.75) is 25.3 Å². The van der Waals surface area contributed by atoms with Crippen molar-refractivity contribution in [2.75, 3.05) is 32.1 Å². The van der Waals surface area contributed by atoms with Crippen LogP contribution in [-0.4, -0.2) is 63.4 Å². The van der Waals surface area contributed by atoms with Gasteiger partial charge in [-0.3, -0.25) is 9.78 Å². The summed E-state index contributed by atoms with van der Waals surface area (Å²) in [5, 5.41) is 2.11. The van der Waals surface area contributed by atoms with E-state index in [0.717, 1.165) is 59.5 Å². The molecule has 0 bridgehead atoms. The third-order valence-corrected chi connectivity index (χ3v) is 6.90. The number of pyridine rings is 2. The number of imidazole rings is 1. The van der Waals surface area contributed by atoms with Gasteiger partial charge in [-0.05, 0) is 62.6 Å². The highest BCUT2D eigenvalue weighted by atomic mass is 16.1. The number of nitrogens with zero attached hydrogens (tertiary/aromatic N) is 6. The molecule has 7 nitrogen and oxygen atoms in total. The molecule has 0 amide bonds. The van der Waals surface area contributed by atoms with Crippen molar-refractivity contribution in [1.29, 1.82) is 0 Å². The van der Waals surface area contributed by atoms with Crippen molar-refractivity contribution in [1.82, 2.24) is 24.4 Å². The SMILES string of the molecule is CN1CCC(N(C)c2cc(C(=O)Cc3cc4cc(-c5cncn5C)ccc4cn3)ccn2)CC1. The first kappa shape index (κ1) is 22.2. The predicted molar refractivity (Wildman–Crippen MR) is 135 cm³/mol. The molecule has 174 valence electrons. The Hall–Kier alpha value is -3.58. The van der Waals surface area contributed by atoms with E-state index in [1.54, 1.807) is 18.6 Å². The molecule has 3 aromatic heterocycles. The molecule has 0 unspecified atom stereocenters. The predicted octanol–water partition coefficient (Wildman–Crippen LogP) is 3.99. The van der Waals surface area contributed by atoms with Crippen LogP contribution < -0.4 is 4.90 Å². The van der Waals surface area contributed by atoms with Gasteiger partial charge in [0.1, 0.15) is 5.82 Å². The Labute approximate surface area is 200 Å². The van der Waals surface area contributed by atoms with Crippen LogP contribution in [0.1, 0.15) is 28.9 Å². The Morgan fingerprint density at radius 1 is 1.03 bits per heavy atom. The van der Waals surface area contributed by atoms with Crippen LogP contribution in [0, 0.1) is 0 Å². The number of hydrogen-bond acceptors (Lipinski definition) is 6. The number of hydrogen-bond donors (Lipinski definition) is 0. The van der Waals surface area contributed by atoms with Gasteiger partial charge in [-0.25, -0.2) is 9.97 Å². The maximum Gasteiger partial charge on any atom is 0.169 e. The number of carbonyl (C=O) groups excluding carboxylic acids is 1. The minimum absolute atomic E-state index is 0.0510. The Morgan fingerprint density at radius 3 is 2.62 bits per heavy atom. The maximum atomic E-state index is 13.1. The minimum Gasteiger partial charge on any atom is -0.357 e. The summed E-state index contributed by atoms with van der Waals surface area (Å²) >= 11 is 0. The fraction of sp³-hybridized carbons (Fsp3) is 0.333. The standard InChI is InChI=1S/C27H30N6O/c1-31-10-7-24(8-11-31)33(3)27-14-20(6-9-29-27)26(34)15-23-13-22-12-19(4-5-21(22)16-30-23)25-17-28-18-32(25)2/h4-6,9,12-14,16-18,24H,7-8,10-11,15H2,1-3H3. The lowest BCUT2D eigenvalue weighted by Gasteiger charge is -2.35. The molecular weight excluding hydrogens is 424 g/mol. The summed E-state index contributed by atoms with van der Waals surface area (Å²) in [7, 11) is 6.22. The molecule has 4 aromatic rings. The summed E-state index contributed by atoms with van der Waals surface area (Å²) in [6, 6.07) is 12.4. The number of aromatic nitrogens is 4. The van der Waals surface area contributed by atoms with E-state index in [0.29, 0.717) is 11.6 Å². The summed E-state index contributed by atoms with van der Waals surface area (Å²) in [5.41, 5.74) is 3.58. The highest BCUT2D eigenvalue weighted by molar-refractivity contribution is 5.98. The van der Waals surface area contributed by atoms with Crippen LogP contribution in [0.4, 0.5) is 5.82 Å². The van der Waals surface area contributed by atoms with Crippen molar-refractivity contribution in [3.05, 3.63) is 72.6 Å². The molecule has 1 aliphatic heterocycles. The van der Waals surface area contributed by atoms with Crippen molar-refractivity contribution < 1.29 is 4.79 Å². The zero-order valence-electron chi connectivity index (χ0n) is 20.0. The van der Waals surface area contributed by atoms with Crippen molar-refractivity contribution in [3.63, 3.8) is 0 Å². The molecule has 34 heavy (non-hydrogen) atoms. The molecule has 0 spiro atoms. The molecule has 0 atom stereocenters. The summed E-state index contributed by atoms with van der Waals surface area (Å²) in [6.45, 7) is 2.17. The zero-order chi connectivity index (χ0) is 23.7. The van der Waals surface area contributed by atoms with E-state index in [-0.39, 0.29) is 12.2 Å². The van der Waals surface area contributed by atoms with E-state index in [1.807, 2.05) is 36.1 Å². The van der Waals surface area contributed by atoms with E-state index in [4.69, 9.17) is 0 Å². The summed E-state index contributed by atoms with van der Waals surface area (Å²) in [6.07, 6.45) is 9.70. The number of ketones is 1. The Bertz CT molecular complexity index is 1320. The number of benzene rings is 1. The third kappa shape index (κ3) is 4.56. The van der Waals surface area contributed by atoms with Crippen LogP contribution >= 0.6 is 0 Å². The summed E-state index contributed by atoms with van der Waals surface area (Å²) < 4.78 is 2.00. The maximum absolute atomic E-state index is 13.1. The second-order valence-corrected chi connectivity index (χ2v) is 9.28. The number of aryl methyl sites for hydroxylation is 1. The molecular formula is C27H30N6O. The van der Waals surface area contributed by atoms with Gasteiger partial charge in [0.25, 0.3) is 0 Å². The number of carbonyl (C=O) groups is 1. The average Bonchev–Trinajstić information content (AvgIpc) is 3.29. The van der Waals surface area contributed by atoms with Crippen molar-refractivity contribution in [3.8, 4) is 11.3 Å². The molecule has 1 aromatic carbocycles. The first-order valence-corrected chi connectivity index (χ1v) is 11.7. The van der Waals surface area contributed by atoms with Gasteiger partial charge in [0, 0.05) is 54.7 Å². The topological polar surface area (TPSA) is 67.2 Å². The monoisotopic (exact) mass is 454 g/mol. The van der Waals surface area contributed by atoms with E-state index in [2.05, 4.69) is 57.0 Å². The van der Waals surface area contributed by atoms with E-state index in [1.165, 1.54) is 0 Å².